The topological polar surface area (TPSA) is 295 Å². The van der Waals surface area contributed by atoms with Crippen LogP contribution in [0, 0.1) is 0 Å². The van der Waals surface area contributed by atoms with E-state index >= 15 is 0 Å². The summed E-state index contributed by atoms with van der Waals surface area (Å²) < 4.78 is 13.5. The van der Waals surface area contributed by atoms with Crippen molar-refractivity contribution >= 4 is 29.8 Å². The molecule has 0 amide bonds. The molecular weight excluding hydrogens is 620 g/mol. The average molecular weight is 675 g/mol. The summed E-state index contributed by atoms with van der Waals surface area (Å²) in [5.74, 6) is -5.40. The highest BCUT2D eigenvalue weighted by Crippen LogP contribution is 2.17. The lowest BCUT2D eigenvalue weighted by Gasteiger charge is -2.20. The molecule has 4 atom stereocenters. The lowest BCUT2D eigenvalue weighted by Crippen LogP contribution is -2.43. The van der Waals surface area contributed by atoms with E-state index in [4.69, 9.17) is 45.6 Å². The van der Waals surface area contributed by atoms with Crippen molar-refractivity contribution in [2.45, 2.75) is 115 Å². The predicted octanol–water partition coefficient (Wildman–Crippen LogP) is -0.730. The molecule has 17 heteroatoms. The van der Waals surface area contributed by atoms with Gasteiger partial charge in [-0.15, -0.1) is 0 Å². The highest BCUT2D eigenvalue weighted by Gasteiger charge is 2.41. The predicted molar refractivity (Wildman–Crippen MR) is 159 cm³/mol. The minimum atomic E-state index is -2.77. The van der Waals surface area contributed by atoms with Crippen molar-refractivity contribution in [3.8, 4) is 0 Å². The van der Waals surface area contributed by atoms with Gasteiger partial charge in [-0.2, -0.15) is 0 Å². The molecule has 0 aliphatic carbocycles. The molecule has 17 nitrogen and oxygen atoms in total. The number of esters is 3. The maximum atomic E-state index is 11.3. The SMILES string of the molecule is CC(=O)OCC(O)CO.CCCCCCCCCCCC(=O)OCC(O)CO.O=C(O)CC(O)(CC(=O)OCC(O)CO)C(=O)O. The van der Waals surface area contributed by atoms with Gasteiger partial charge in [0.2, 0.25) is 0 Å². The molecule has 0 spiro atoms. The van der Waals surface area contributed by atoms with E-state index in [2.05, 4.69) is 16.4 Å². The fraction of sp³-hybridized carbons (Fsp3) is 0.828. The van der Waals surface area contributed by atoms with Gasteiger partial charge < -0.3 is 60.2 Å². The Bertz CT molecular complexity index is 822. The number of unbranched alkanes of at least 4 members (excludes halogenated alkanes) is 8. The van der Waals surface area contributed by atoms with E-state index in [0.717, 1.165) is 12.8 Å². The van der Waals surface area contributed by atoms with Crippen LogP contribution in [0.1, 0.15) is 90.9 Å². The number of carboxylic acids is 2. The van der Waals surface area contributed by atoms with Gasteiger partial charge in [0.15, 0.2) is 5.60 Å². The fourth-order valence-corrected chi connectivity index (χ4v) is 3.16. The van der Waals surface area contributed by atoms with E-state index in [1.54, 1.807) is 0 Å². The first kappa shape index (κ1) is 47.5. The standard InChI is InChI=1S/C15H30O4.C9H14O9.C5H10O4/c1-2-3-4-5-6-7-8-9-10-11-15(18)19-13-14(17)12-16;10-3-5(11)4-18-7(14)2-9(17,8(15)16)1-6(12)13;1-4(7)9-3-5(8)2-6/h14,16-17H,2-13H2,1H3;5,10-11,17H,1-4H2,(H,12,13)(H,15,16);5-6,8H,2-3H2,1H3. The number of ether oxygens (including phenoxy) is 3. The van der Waals surface area contributed by atoms with Crippen LogP contribution in [0.5, 0.6) is 0 Å². The van der Waals surface area contributed by atoms with Crippen molar-refractivity contribution in [1.29, 1.82) is 0 Å². The molecule has 0 aliphatic rings. The Morgan fingerprint density at radius 3 is 1.37 bits per heavy atom. The summed E-state index contributed by atoms with van der Waals surface area (Å²) >= 11 is 0. The molecule has 0 saturated heterocycles. The van der Waals surface area contributed by atoms with Gasteiger partial charge in [0.05, 0.1) is 32.7 Å². The summed E-state index contributed by atoms with van der Waals surface area (Å²) in [6.07, 6.45) is 5.87. The molecule has 9 N–H and O–H groups in total. The molecule has 0 fully saturated rings. The molecular formula is C29H54O17. The van der Waals surface area contributed by atoms with Crippen LogP contribution in [0.3, 0.4) is 0 Å². The molecule has 272 valence electrons. The highest BCUT2D eigenvalue weighted by atomic mass is 16.6. The second kappa shape index (κ2) is 30.7. The van der Waals surface area contributed by atoms with Crippen LogP contribution in [-0.2, 0) is 38.2 Å². The van der Waals surface area contributed by atoms with Crippen LogP contribution >= 0.6 is 0 Å². The normalized spacial score (nSPS) is 13.7. The number of rotatable bonds is 24. The minimum Gasteiger partial charge on any atom is -0.481 e. The van der Waals surface area contributed by atoms with Crippen molar-refractivity contribution < 1.29 is 84.1 Å². The molecule has 0 heterocycles. The van der Waals surface area contributed by atoms with E-state index in [1.807, 2.05) is 0 Å². The van der Waals surface area contributed by atoms with Crippen molar-refractivity contribution in [2.24, 2.45) is 0 Å². The number of carboxylic acid groups (broad SMARTS) is 2. The number of carbonyl (C=O) groups excluding carboxylic acids is 3. The van der Waals surface area contributed by atoms with E-state index in [-0.39, 0.29) is 32.4 Å². The van der Waals surface area contributed by atoms with Crippen LogP contribution in [0.15, 0.2) is 0 Å². The number of hydrogen-bond donors (Lipinski definition) is 9. The first-order valence-electron chi connectivity index (χ1n) is 15.1. The number of carbonyl (C=O) groups is 5. The summed E-state index contributed by atoms with van der Waals surface area (Å²) in [6.45, 7) is 1.23. The second-order valence-corrected chi connectivity index (χ2v) is 10.3. The van der Waals surface area contributed by atoms with Gasteiger partial charge in [-0.05, 0) is 6.42 Å². The summed E-state index contributed by atoms with van der Waals surface area (Å²) in [5, 5.41) is 78.2. The minimum absolute atomic E-state index is 0.104. The Morgan fingerprint density at radius 1 is 0.609 bits per heavy atom. The van der Waals surface area contributed by atoms with Crippen LogP contribution in [0.4, 0.5) is 0 Å². The largest absolute Gasteiger partial charge is 0.481 e. The second-order valence-electron chi connectivity index (χ2n) is 10.3. The molecule has 0 saturated carbocycles. The first-order chi connectivity index (χ1) is 21.6. The maximum Gasteiger partial charge on any atom is 0.336 e. The Kier molecular flexibility index (Phi) is 31.7. The summed E-state index contributed by atoms with van der Waals surface area (Å²) in [6, 6.07) is 0. The number of aliphatic hydroxyl groups is 7. The van der Waals surface area contributed by atoms with Crippen LogP contribution < -0.4 is 0 Å². The molecule has 4 unspecified atom stereocenters. The van der Waals surface area contributed by atoms with Gasteiger partial charge in [0.1, 0.15) is 38.1 Å². The van der Waals surface area contributed by atoms with E-state index in [1.165, 1.54) is 51.9 Å². The van der Waals surface area contributed by atoms with Gasteiger partial charge in [-0.1, -0.05) is 58.3 Å². The highest BCUT2D eigenvalue weighted by molar-refractivity contribution is 5.88. The van der Waals surface area contributed by atoms with Crippen LogP contribution in [-0.4, -0.2) is 139 Å². The quantitative estimate of drug-likeness (QED) is 0.0346. The Morgan fingerprint density at radius 2 is 1.00 bits per heavy atom. The smallest absolute Gasteiger partial charge is 0.336 e. The summed E-state index contributed by atoms with van der Waals surface area (Å²) in [5.41, 5.74) is -2.77. The third-order valence-electron chi connectivity index (χ3n) is 5.75. The first-order valence-corrected chi connectivity index (χ1v) is 15.1. The maximum absolute atomic E-state index is 11.3. The van der Waals surface area contributed by atoms with Crippen molar-refractivity contribution in [3.05, 3.63) is 0 Å². The molecule has 0 aromatic heterocycles. The zero-order valence-electron chi connectivity index (χ0n) is 26.8. The van der Waals surface area contributed by atoms with Crippen molar-refractivity contribution in [3.63, 3.8) is 0 Å². The average Bonchev–Trinajstić information content (AvgIpc) is 3.00. The molecule has 0 radical (unpaired) electrons. The van der Waals surface area contributed by atoms with Gasteiger partial charge in [0.25, 0.3) is 0 Å². The Balaban J connectivity index is -0.000000641. The molecule has 46 heavy (non-hydrogen) atoms. The van der Waals surface area contributed by atoms with Gasteiger partial charge in [0, 0.05) is 13.3 Å². The van der Waals surface area contributed by atoms with E-state index in [0.29, 0.717) is 6.42 Å². The summed E-state index contributed by atoms with van der Waals surface area (Å²) in [4.78, 5) is 53.5. The molecule has 0 rings (SSSR count). The van der Waals surface area contributed by atoms with Gasteiger partial charge in [-0.3, -0.25) is 19.2 Å². The third kappa shape index (κ3) is 32.5. The van der Waals surface area contributed by atoms with E-state index in [9.17, 15) is 29.1 Å². The van der Waals surface area contributed by atoms with Crippen molar-refractivity contribution in [1.82, 2.24) is 0 Å². The monoisotopic (exact) mass is 674 g/mol. The molecule has 0 bridgehead atoms. The van der Waals surface area contributed by atoms with Gasteiger partial charge in [-0.25, -0.2) is 4.79 Å². The lowest BCUT2D eigenvalue weighted by atomic mass is 9.96. The Hall–Kier alpha value is -2.93. The number of aliphatic carboxylic acids is 2. The van der Waals surface area contributed by atoms with Crippen LogP contribution in [0.25, 0.3) is 0 Å². The van der Waals surface area contributed by atoms with Gasteiger partial charge >= 0.3 is 29.8 Å². The molecule has 0 aromatic carbocycles. The molecule has 0 aromatic rings. The third-order valence-corrected chi connectivity index (χ3v) is 5.75. The number of hydrogen-bond acceptors (Lipinski definition) is 15. The Labute approximate surface area is 268 Å². The lowest BCUT2D eigenvalue weighted by molar-refractivity contribution is -0.172. The van der Waals surface area contributed by atoms with E-state index < -0.39 is 73.8 Å². The zero-order chi connectivity index (χ0) is 36.0. The molecule has 0 aliphatic heterocycles. The zero-order valence-corrected chi connectivity index (χ0v) is 26.8. The summed E-state index contributed by atoms with van der Waals surface area (Å²) in [7, 11) is 0. The van der Waals surface area contributed by atoms with Crippen molar-refractivity contribution in [2.75, 3.05) is 39.6 Å². The fourth-order valence-electron chi connectivity index (χ4n) is 3.16. The van der Waals surface area contributed by atoms with Crippen LogP contribution in [0.2, 0.25) is 0 Å². The number of aliphatic hydroxyl groups excluding tert-OH is 6.